The predicted molar refractivity (Wildman–Crippen MR) is 55.6 cm³/mol. The second-order valence-corrected chi connectivity index (χ2v) is 4.43. The first-order valence-electron chi connectivity index (χ1n) is 4.98. The summed E-state index contributed by atoms with van der Waals surface area (Å²) in [6.07, 6.45) is 7.62. The van der Waals surface area contributed by atoms with E-state index >= 15 is 0 Å². The second-order valence-electron chi connectivity index (χ2n) is 4.12. The van der Waals surface area contributed by atoms with Gasteiger partial charge in [0.25, 0.3) is 0 Å². The Kier molecular flexibility index (Phi) is 4.14. The van der Waals surface area contributed by atoms with Crippen LogP contribution >= 0.6 is 11.6 Å². The van der Waals surface area contributed by atoms with Crippen molar-refractivity contribution in [1.29, 1.82) is 0 Å². The van der Waals surface area contributed by atoms with Crippen molar-refractivity contribution in [1.82, 2.24) is 0 Å². The molecule has 1 unspecified atom stereocenters. The summed E-state index contributed by atoms with van der Waals surface area (Å²) < 4.78 is 0. The summed E-state index contributed by atoms with van der Waals surface area (Å²) in [6, 6.07) is 0. The lowest BCUT2D eigenvalue weighted by Gasteiger charge is -2.18. The Labute approximate surface area is 81.0 Å². The maximum absolute atomic E-state index is 5.91. The van der Waals surface area contributed by atoms with Crippen molar-refractivity contribution in [3.05, 3.63) is 11.6 Å². The Balaban J connectivity index is 2.36. The van der Waals surface area contributed by atoms with Crippen molar-refractivity contribution in [3.8, 4) is 0 Å². The molecule has 0 saturated heterocycles. The Bertz CT molecular complexity index is 158. The van der Waals surface area contributed by atoms with Gasteiger partial charge in [-0.2, -0.15) is 0 Å². The van der Waals surface area contributed by atoms with Gasteiger partial charge in [0, 0.05) is 5.88 Å². The molecule has 1 aliphatic carbocycles. The summed E-state index contributed by atoms with van der Waals surface area (Å²) in [4.78, 5) is 0. The first-order valence-corrected chi connectivity index (χ1v) is 5.51. The SMILES string of the molecule is CC(C)C(CCl)CC1=CCCC1. The number of halogens is 1. The molecule has 0 aromatic rings. The van der Waals surface area contributed by atoms with Crippen molar-refractivity contribution in [2.24, 2.45) is 11.8 Å². The van der Waals surface area contributed by atoms with E-state index in [0.29, 0.717) is 5.92 Å². The Morgan fingerprint density at radius 2 is 2.25 bits per heavy atom. The molecule has 0 fully saturated rings. The molecule has 0 N–H and O–H groups in total. The number of hydrogen-bond acceptors (Lipinski definition) is 0. The Morgan fingerprint density at radius 1 is 1.50 bits per heavy atom. The van der Waals surface area contributed by atoms with E-state index in [9.17, 15) is 0 Å². The minimum Gasteiger partial charge on any atom is -0.126 e. The molecule has 0 heterocycles. The van der Waals surface area contributed by atoms with Gasteiger partial charge in [0.1, 0.15) is 0 Å². The summed E-state index contributed by atoms with van der Waals surface area (Å²) in [6.45, 7) is 4.53. The lowest BCUT2D eigenvalue weighted by Crippen LogP contribution is -2.10. The van der Waals surface area contributed by atoms with Crippen LogP contribution in [0.2, 0.25) is 0 Å². The van der Waals surface area contributed by atoms with Crippen molar-refractivity contribution in [2.75, 3.05) is 5.88 Å². The van der Waals surface area contributed by atoms with Gasteiger partial charge in [0.15, 0.2) is 0 Å². The van der Waals surface area contributed by atoms with Crippen LogP contribution in [0.15, 0.2) is 11.6 Å². The van der Waals surface area contributed by atoms with E-state index in [-0.39, 0.29) is 0 Å². The molecule has 0 spiro atoms. The minimum absolute atomic E-state index is 0.691. The van der Waals surface area contributed by atoms with Crippen LogP contribution in [0.1, 0.15) is 39.5 Å². The average Bonchev–Trinajstić information content (AvgIpc) is 2.51. The molecule has 0 nitrogen and oxygen atoms in total. The van der Waals surface area contributed by atoms with Crippen LogP contribution < -0.4 is 0 Å². The average molecular weight is 187 g/mol. The van der Waals surface area contributed by atoms with Gasteiger partial charge in [-0.25, -0.2) is 0 Å². The highest BCUT2D eigenvalue weighted by molar-refractivity contribution is 6.18. The Morgan fingerprint density at radius 3 is 2.67 bits per heavy atom. The van der Waals surface area contributed by atoms with E-state index in [2.05, 4.69) is 19.9 Å². The number of rotatable bonds is 4. The molecule has 1 atom stereocenters. The lowest BCUT2D eigenvalue weighted by atomic mass is 9.90. The van der Waals surface area contributed by atoms with E-state index in [1.807, 2.05) is 0 Å². The van der Waals surface area contributed by atoms with Crippen LogP contribution in [0.5, 0.6) is 0 Å². The third-order valence-electron chi connectivity index (χ3n) is 2.80. The van der Waals surface area contributed by atoms with Gasteiger partial charge in [-0.15, -0.1) is 11.6 Å². The molecule has 0 aromatic carbocycles. The number of allylic oxidation sites excluding steroid dienone is 2. The maximum Gasteiger partial charge on any atom is 0.0257 e. The van der Waals surface area contributed by atoms with Gasteiger partial charge >= 0.3 is 0 Å². The van der Waals surface area contributed by atoms with Crippen LogP contribution in [0, 0.1) is 11.8 Å². The van der Waals surface area contributed by atoms with Crippen LogP contribution in [0.4, 0.5) is 0 Å². The molecule has 1 aliphatic rings. The van der Waals surface area contributed by atoms with Gasteiger partial charge in [-0.05, 0) is 37.5 Å². The fourth-order valence-corrected chi connectivity index (χ4v) is 2.19. The molecule has 0 radical (unpaired) electrons. The second kappa shape index (κ2) is 4.91. The standard InChI is InChI=1S/C11H19Cl/c1-9(2)11(8-12)7-10-5-3-4-6-10/h5,9,11H,3-4,6-8H2,1-2H3. The molecule has 0 amide bonds. The molecular weight excluding hydrogens is 168 g/mol. The molecule has 0 aromatic heterocycles. The fraction of sp³-hybridized carbons (Fsp3) is 0.818. The number of alkyl halides is 1. The maximum atomic E-state index is 5.91. The summed E-state index contributed by atoms with van der Waals surface area (Å²) in [7, 11) is 0. The third-order valence-corrected chi connectivity index (χ3v) is 3.20. The topological polar surface area (TPSA) is 0 Å². The highest BCUT2D eigenvalue weighted by Crippen LogP contribution is 2.28. The summed E-state index contributed by atoms with van der Waals surface area (Å²) in [5, 5.41) is 0. The summed E-state index contributed by atoms with van der Waals surface area (Å²) >= 11 is 5.91. The predicted octanol–water partition coefficient (Wildman–Crippen LogP) is 4.00. The molecule has 1 heteroatoms. The van der Waals surface area contributed by atoms with Crippen LogP contribution in [0.25, 0.3) is 0 Å². The van der Waals surface area contributed by atoms with Crippen LogP contribution in [-0.4, -0.2) is 5.88 Å². The largest absolute Gasteiger partial charge is 0.126 e. The molecule has 1 rings (SSSR count). The van der Waals surface area contributed by atoms with Crippen molar-refractivity contribution >= 4 is 11.6 Å². The van der Waals surface area contributed by atoms with Gasteiger partial charge in [0.05, 0.1) is 0 Å². The first kappa shape index (κ1) is 10.1. The molecule has 12 heavy (non-hydrogen) atoms. The van der Waals surface area contributed by atoms with Gasteiger partial charge in [0.2, 0.25) is 0 Å². The van der Waals surface area contributed by atoms with Crippen LogP contribution in [0.3, 0.4) is 0 Å². The summed E-state index contributed by atoms with van der Waals surface area (Å²) in [5.41, 5.74) is 1.65. The highest BCUT2D eigenvalue weighted by atomic mass is 35.5. The van der Waals surface area contributed by atoms with Crippen molar-refractivity contribution in [3.63, 3.8) is 0 Å². The zero-order valence-corrected chi connectivity index (χ0v) is 8.90. The molecule has 0 aliphatic heterocycles. The zero-order chi connectivity index (χ0) is 8.97. The van der Waals surface area contributed by atoms with Crippen LogP contribution in [-0.2, 0) is 0 Å². The van der Waals surface area contributed by atoms with Gasteiger partial charge in [-0.1, -0.05) is 25.5 Å². The third kappa shape index (κ3) is 2.82. The minimum atomic E-state index is 0.691. The molecule has 70 valence electrons. The van der Waals surface area contributed by atoms with E-state index in [1.165, 1.54) is 25.7 Å². The molecular formula is C11H19Cl. The first-order chi connectivity index (χ1) is 5.74. The number of hydrogen-bond donors (Lipinski definition) is 0. The fourth-order valence-electron chi connectivity index (χ4n) is 1.73. The molecule has 0 bridgehead atoms. The smallest absolute Gasteiger partial charge is 0.0257 e. The van der Waals surface area contributed by atoms with Gasteiger partial charge < -0.3 is 0 Å². The van der Waals surface area contributed by atoms with E-state index in [0.717, 1.165) is 11.8 Å². The highest BCUT2D eigenvalue weighted by Gasteiger charge is 2.15. The molecule has 0 saturated carbocycles. The van der Waals surface area contributed by atoms with E-state index < -0.39 is 0 Å². The monoisotopic (exact) mass is 186 g/mol. The summed E-state index contributed by atoms with van der Waals surface area (Å²) in [5.74, 6) is 2.23. The lowest BCUT2D eigenvalue weighted by molar-refractivity contribution is 0.418. The van der Waals surface area contributed by atoms with Gasteiger partial charge in [-0.3, -0.25) is 0 Å². The van der Waals surface area contributed by atoms with E-state index in [4.69, 9.17) is 11.6 Å². The van der Waals surface area contributed by atoms with E-state index in [1.54, 1.807) is 5.57 Å². The van der Waals surface area contributed by atoms with Crippen molar-refractivity contribution < 1.29 is 0 Å². The zero-order valence-electron chi connectivity index (χ0n) is 8.15. The quantitative estimate of drug-likeness (QED) is 0.460. The Hall–Kier alpha value is 0.0300. The normalized spacial score (nSPS) is 19.8. The van der Waals surface area contributed by atoms with Crippen molar-refractivity contribution in [2.45, 2.75) is 39.5 Å².